The zero-order valence-electron chi connectivity index (χ0n) is 13.6. The first-order valence-corrected chi connectivity index (χ1v) is 7.52. The predicted molar refractivity (Wildman–Crippen MR) is 91.1 cm³/mol. The quantitative estimate of drug-likeness (QED) is 0.852. The van der Waals surface area contributed by atoms with E-state index in [1.807, 2.05) is 62.4 Å². The molecule has 2 aromatic rings. The summed E-state index contributed by atoms with van der Waals surface area (Å²) in [7, 11) is 1.60. The highest BCUT2D eigenvalue weighted by Crippen LogP contribution is 2.28. The molecule has 0 saturated heterocycles. The highest BCUT2D eigenvalue weighted by atomic mass is 16.5. The van der Waals surface area contributed by atoms with E-state index in [-0.39, 0.29) is 12.1 Å². The van der Waals surface area contributed by atoms with Crippen LogP contribution in [0.25, 0.3) is 0 Å². The van der Waals surface area contributed by atoms with Gasteiger partial charge in [0.15, 0.2) is 11.5 Å². The van der Waals surface area contributed by atoms with E-state index in [0.29, 0.717) is 18.0 Å². The summed E-state index contributed by atoms with van der Waals surface area (Å²) in [5.74, 6) is 1.35. The number of para-hydroxylation sites is 1. The molecule has 0 aliphatic heterocycles. The van der Waals surface area contributed by atoms with Crippen molar-refractivity contribution in [3.05, 3.63) is 54.1 Å². The molecular formula is C18H22N2O3. The number of nitrogens with one attached hydrogen (secondary N) is 2. The fourth-order valence-corrected chi connectivity index (χ4v) is 2.05. The minimum absolute atomic E-state index is 0.0736. The van der Waals surface area contributed by atoms with Gasteiger partial charge in [-0.05, 0) is 43.7 Å². The molecule has 0 aliphatic carbocycles. The number of ether oxygens (including phenoxy) is 2. The van der Waals surface area contributed by atoms with Gasteiger partial charge in [0.05, 0.1) is 13.2 Å². The van der Waals surface area contributed by atoms with E-state index < -0.39 is 0 Å². The lowest BCUT2D eigenvalue weighted by atomic mass is 10.2. The molecule has 0 heterocycles. The molecule has 0 fully saturated rings. The van der Waals surface area contributed by atoms with E-state index in [0.717, 1.165) is 11.3 Å². The molecule has 0 spiro atoms. The largest absolute Gasteiger partial charge is 0.493 e. The molecule has 0 radical (unpaired) electrons. The second-order valence-electron chi connectivity index (χ2n) is 5.33. The molecule has 0 aliphatic rings. The maximum absolute atomic E-state index is 11.9. The van der Waals surface area contributed by atoms with Crippen LogP contribution < -0.4 is 20.1 Å². The molecule has 2 amide bonds. The minimum Gasteiger partial charge on any atom is -0.493 e. The maximum Gasteiger partial charge on any atom is 0.319 e. The van der Waals surface area contributed by atoms with Gasteiger partial charge in [0.2, 0.25) is 0 Å². The molecule has 5 nitrogen and oxygen atoms in total. The van der Waals surface area contributed by atoms with E-state index in [9.17, 15) is 4.79 Å². The third-order valence-electron chi connectivity index (χ3n) is 3.08. The number of methoxy groups -OCH3 is 1. The van der Waals surface area contributed by atoms with Crippen LogP contribution in [0.4, 0.5) is 10.5 Å². The van der Waals surface area contributed by atoms with Gasteiger partial charge in [-0.1, -0.05) is 24.3 Å². The zero-order chi connectivity index (χ0) is 16.7. The molecule has 122 valence electrons. The number of carbonyl (C=O) groups excluding carboxylic acids is 1. The van der Waals surface area contributed by atoms with Gasteiger partial charge in [0.25, 0.3) is 0 Å². The summed E-state index contributed by atoms with van der Waals surface area (Å²) >= 11 is 0. The lowest BCUT2D eigenvalue weighted by Gasteiger charge is -2.15. The molecule has 2 aromatic carbocycles. The summed E-state index contributed by atoms with van der Waals surface area (Å²) < 4.78 is 11.0. The first kappa shape index (κ1) is 16.7. The van der Waals surface area contributed by atoms with Crippen LogP contribution in [-0.2, 0) is 6.54 Å². The summed E-state index contributed by atoms with van der Waals surface area (Å²) in [6, 6.07) is 14.7. The minimum atomic E-state index is -0.252. The molecule has 5 heteroatoms. The normalized spacial score (nSPS) is 10.3. The van der Waals surface area contributed by atoms with Crippen LogP contribution in [0.1, 0.15) is 19.4 Å². The lowest BCUT2D eigenvalue weighted by Crippen LogP contribution is -2.28. The third-order valence-corrected chi connectivity index (χ3v) is 3.08. The Labute approximate surface area is 136 Å². The molecule has 0 bridgehead atoms. The van der Waals surface area contributed by atoms with E-state index in [1.165, 1.54) is 0 Å². The standard InChI is InChI=1S/C18H22N2O3/c1-13(2)23-16-10-9-14(11-17(16)22-3)12-19-18(21)20-15-7-5-4-6-8-15/h4-11,13H,12H2,1-3H3,(H2,19,20,21). The maximum atomic E-state index is 11.9. The smallest absolute Gasteiger partial charge is 0.319 e. The Hall–Kier alpha value is -2.69. The van der Waals surface area contributed by atoms with Gasteiger partial charge >= 0.3 is 6.03 Å². The van der Waals surface area contributed by atoms with Gasteiger partial charge in [-0.25, -0.2) is 4.79 Å². The fraction of sp³-hybridized carbons (Fsp3) is 0.278. The number of rotatable bonds is 6. The van der Waals surface area contributed by atoms with Crippen molar-refractivity contribution in [2.45, 2.75) is 26.5 Å². The molecule has 2 rings (SSSR count). The monoisotopic (exact) mass is 314 g/mol. The highest BCUT2D eigenvalue weighted by molar-refractivity contribution is 5.89. The average Bonchev–Trinajstić information content (AvgIpc) is 2.54. The Morgan fingerprint density at radius 2 is 1.83 bits per heavy atom. The molecular weight excluding hydrogens is 292 g/mol. The van der Waals surface area contributed by atoms with Crippen molar-refractivity contribution in [3.63, 3.8) is 0 Å². The van der Waals surface area contributed by atoms with Crippen molar-refractivity contribution >= 4 is 11.7 Å². The van der Waals surface area contributed by atoms with E-state index >= 15 is 0 Å². The van der Waals surface area contributed by atoms with Crippen molar-refractivity contribution in [2.24, 2.45) is 0 Å². The van der Waals surface area contributed by atoms with E-state index in [1.54, 1.807) is 7.11 Å². The summed E-state index contributed by atoms with van der Waals surface area (Å²) in [5, 5.41) is 5.58. The van der Waals surface area contributed by atoms with Crippen LogP contribution in [0, 0.1) is 0 Å². The summed E-state index contributed by atoms with van der Waals surface area (Å²) in [6.45, 7) is 4.32. The van der Waals surface area contributed by atoms with Gasteiger partial charge in [0.1, 0.15) is 0 Å². The molecule has 23 heavy (non-hydrogen) atoms. The Morgan fingerprint density at radius 1 is 1.09 bits per heavy atom. The number of carbonyl (C=O) groups is 1. The number of hydrogen-bond acceptors (Lipinski definition) is 3. The van der Waals surface area contributed by atoms with Crippen LogP contribution in [0.3, 0.4) is 0 Å². The number of amides is 2. The van der Waals surface area contributed by atoms with Crippen molar-refractivity contribution in [3.8, 4) is 11.5 Å². The fourth-order valence-electron chi connectivity index (χ4n) is 2.05. The summed E-state index contributed by atoms with van der Waals surface area (Å²) in [4.78, 5) is 11.9. The van der Waals surface area contributed by atoms with Crippen molar-refractivity contribution in [1.82, 2.24) is 5.32 Å². The average molecular weight is 314 g/mol. The second kappa shape index (κ2) is 8.08. The van der Waals surface area contributed by atoms with Gasteiger partial charge in [0, 0.05) is 12.2 Å². The number of urea groups is 1. The predicted octanol–water partition coefficient (Wildman–Crippen LogP) is 3.80. The van der Waals surface area contributed by atoms with Crippen LogP contribution in [0.5, 0.6) is 11.5 Å². The third kappa shape index (κ3) is 5.21. The molecule has 0 atom stereocenters. The Balaban J connectivity index is 1.93. The van der Waals surface area contributed by atoms with E-state index in [2.05, 4.69) is 10.6 Å². The van der Waals surface area contributed by atoms with Crippen LogP contribution in [0.15, 0.2) is 48.5 Å². The second-order valence-corrected chi connectivity index (χ2v) is 5.33. The summed E-state index contributed by atoms with van der Waals surface area (Å²) in [5.41, 5.74) is 1.68. The zero-order valence-corrected chi connectivity index (χ0v) is 13.6. The van der Waals surface area contributed by atoms with Crippen molar-refractivity contribution < 1.29 is 14.3 Å². The Morgan fingerprint density at radius 3 is 2.48 bits per heavy atom. The van der Waals surface area contributed by atoms with Gasteiger partial charge in [-0.15, -0.1) is 0 Å². The van der Waals surface area contributed by atoms with Gasteiger partial charge in [-0.2, -0.15) is 0 Å². The van der Waals surface area contributed by atoms with Crippen LogP contribution in [0.2, 0.25) is 0 Å². The molecule has 0 unspecified atom stereocenters. The number of anilines is 1. The topological polar surface area (TPSA) is 59.6 Å². The van der Waals surface area contributed by atoms with Crippen LogP contribution >= 0.6 is 0 Å². The molecule has 2 N–H and O–H groups in total. The Bertz CT molecular complexity index is 642. The summed E-state index contributed by atoms with van der Waals surface area (Å²) in [6.07, 6.45) is 0.0736. The Kier molecular flexibility index (Phi) is 5.86. The first-order valence-electron chi connectivity index (χ1n) is 7.52. The lowest BCUT2D eigenvalue weighted by molar-refractivity contribution is 0.230. The number of benzene rings is 2. The molecule has 0 aromatic heterocycles. The van der Waals surface area contributed by atoms with Crippen molar-refractivity contribution in [1.29, 1.82) is 0 Å². The first-order chi connectivity index (χ1) is 11.1. The van der Waals surface area contributed by atoms with Gasteiger partial charge in [-0.3, -0.25) is 0 Å². The van der Waals surface area contributed by atoms with E-state index in [4.69, 9.17) is 9.47 Å². The SMILES string of the molecule is COc1cc(CNC(=O)Nc2ccccc2)ccc1OC(C)C. The van der Waals surface area contributed by atoms with Crippen molar-refractivity contribution in [2.75, 3.05) is 12.4 Å². The molecule has 0 saturated carbocycles. The number of hydrogen-bond donors (Lipinski definition) is 2. The van der Waals surface area contributed by atoms with Gasteiger partial charge < -0.3 is 20.1 Å². The van der Waals surface area contributed by atoms with Crippen LogP contribution in [-0.4, -0.2) is 19.2 Å². The highest BCUT2D eigenvalue weighted by Gasteiger charge is 2.08.